The van der Waals surface area contributed by atoms with E-state index in [0.717, 1.165) is 13.0 Å². The zero-order valence-corrected chi connectivity index (χ0v) is 8.63. The smallest absolute Gasteiger partial charge is 0.0630 e. The Morgan fingerprint density at radius 3 is 2.33 bits per heavy atom. The third kappa shape index (κ3) is 2.20. The lowest BCUT2D eigenvalue weighted by Crippen LogP contribution is -2.35. The Hall–Kier alpha value is -0.0800. The van der Waals surface area contributed by atoms with E-state index in [-0.39, 0.29) is 5.60 Å². The van der Waals surface area contributed by atoms with Crippen LogP contribution in [0.4, 0.5) is 0 Å². The first-order chi connectivity index (χ1) is 5.42. The van der Waals surface area contributed by atoms with Crippen LogP contribution in [0.2, 0.25) is 0 Å². The van der Waals surface area contributed by atoms with Crippen molar-refractivity contribution in [3.63, 3.8) is 0 Å². The standard InChI is InChI=1S/C10H21NO/c1-7(2)9(11)8-5-10(3,4)12-6-8/h7-9H,5-6,11H2,1-4H3. The molecule has 1 fully saturated rings. The van der Waals surface area contributed by atoms with E-state index in [4.69, 9.17) is 10.5 Å². The van der Waals surface area contributed by atoms with Gasteiger partial charge in [-0.15, -0.1) is 0 Å². The highest BCUT2D eigenvalue weighted by Crippen LogP contribution is 2.32. The van der Waals surface area contributed by atoms with Crippen LogP contribution in [0.15, 0.2) is 0 Å². The maximum Gasteiger partial charge on any atom is 0.0630 e. The second-order valence-corrected chi connectivity index (χ2v) is 4.86. The molecule has 0 radical (unpaired) electrons. The summed E-state index contributed by atoms with van der Waals surface area (Å²) in [5.41, 5.74) is 6.12. The van der Waals surface area contributed by atoms with Crippen LogP contribution in [0, 0.1) is 11.8 Å². The van der Waals surface area contributed by atoms with Gasteiger partial charge in [-0.2, -0.15) is 0 Å². The third-order valence-corrected chi connectivity index (χ3v) is 2.76. The predicted octanol–water partition coefficient (Wildman–Crippen LogP) is 1.78. The predicted molar refractivity (Wildman–Crippen MR) is 51.0 cm³/mol. The number of hydrogen-bond acceptors (Lipinski definition) is 2. The third-order valence-electron chi connectivity index (χ3n) is 2.76. The molecule has 1 rings (SSSR count). The summed E-state index contributed by atoms with van der Waals surface area (Å²) < 4.78 is 5.64. The molecule has 2 heteroatoms. The van der Waals surface area contributed by atoms with Gasteiger partial charge < -0.3 is 10.5 Å². The highest BCUT2D eigenvalue weighted by molar-refractivity contribution is 4.87. The van der Waals surface area contributed by atoms with Crippen LogP contribution in [0.5, 0.6) is 0 Å². The molecule has 1 aliphatic heterocycles. The van der Waals surface area contributed by atoms with Crippen LogP contribution < -0.4 is 5.73 Å². The molecule has 1 aliphatic rings. The zero-order chi connectivity index (χ0) is 9.35. The van der Waals surface area contributed by atoms with Crippen molar-refractivity contribution in [1.29, 1.82) is 0 Å². The van der Waals surface area contributed by atoms with E-state index in [2.05, 4.69) is 27.7 Å². The molecular weight excluding hydrogens is 150 g/mol. The summed E-state index contributed by atoms with van der Waals surface area (Å²) in [4.78, 5) is 0. The van der Waals surface area contributed by atoms with E-state index in [9.17, 15) is 0 Å². The van der Waals surface area contributed by atoms with E-state index in [1.165, 1.54) is 0 Å². The molecule has 0 bridgehead atoms. The van der Waals surface area contributed by atoms with Crippen molar-refractivity contribution in [3.05, 3.63) is 0 Å². The molecule has 2 nitrogen and oxygen atoms in total. The van der Waals surface area contributed by atoms with E-state index in [1.54, 1.807) is 0 Å². The first-order valence-electron chi connectivity index (χ1n) is 4.82. The highest BCUT2D eigenvalue weighted by Gasteiger charge is 2.35. The van der Waals surface area contributed by atoms with Crippen molar-refractivity contribution in [2.75, 3.05) is 6.61 Å². The average Bonchev–Trinajstić information content (AvgIpc) is 2.28. The summed E-state index contributed by atoms with van der Waals surface area (Å²) in [6.07, 6.45) is 1.10. The SMILES string of the molecule is CC(C)C(N)C1COC(C)(C)C1. The second kappa shape index (κ2) is 3.35. The molecule has 0 amide bonds. The molecule has 1 saturated heterocycles. The quantitative estimate of drug-likeness (QED) is 0.687. The van der Waals surface area contributed by atoms with Crippen molar-refractivity contribution in [1.82, 2.24) is 0 Å². The number of hydrogen-bond donors (Lipinski definition) is 1. The van der Waals surface area contributed by atoms with Crippen molar-refractivity contribution in [2.45, 2.75) is 45.8 Å². The molecule has 2 N–H and O–H groups in total. The fourth-order valence-electron chi connectivity index (χ4n) is 1.87. The van der Waals surface area contributed by atoms with Gasteiger partial charge in [-0.05, 0) is 26.2 Å². The van der Waals surface area contributed by atoms with Gasteiger partial charge in [0.2, 0.25) is 0 Å². The van der Waals surface area contributed by atoms with E-state index >= 15 is 0 Å². The minimum atomic E-state index is 0.0528. The van der Waals surface area contributed by atoms with Gasteiger partial charge in [0.25, 0.3) is 0 Å². The number of ether oxygens (including phenoxy) is 1. The Morgan fingerprint density at radius 1 is 1.42 bits per heavy atom. The van der Waals surface area contributed by atoms with Gasteiger partial charge in [-0.3, -0.25) is 0 Å². The van der Waals surface area contributed by atoms with Crippen molar-refractivity contribution in [2.24, 2.45) is 17.6 Å². The molecule has 0 aromatic carbocycles. The van der Waals surface area contributed by atoms with Crippen LogP contribution in [0.1, 0.15) is 34.1 Å². The highest BCUT2D eigenvalue weighted by atomic mass is 16.5. The first-order valence-corrected chi connectivity index (χ1v) is 4.82. The molecular formula is C10H21NO. The van der Waals surface area contributed by atoms with E-state index < -0.39 is 0 Å². The van der Waals surface area contributed by atoms with Crippen molar-refractivity contribution < 1.29 is 4.74 Å². The van der Waals surface area contributed by atoms with Crippen molar-refractivity contribution >= 4 is 0 Å². The van der Waals surface area contributed by atoms with Gasteiger partial charge >= 0.3 is 0 Å². The summed E-state index contributed by atoms with van der Waals surface area (Å²) in [6, 6.07) is 0.298. The van der Waals surface area contributed by atoms with Crippen LogP contribution in [0.3, 0.4) is 0 Å². The Kier molecular flexibility index (Phi) is 2.79. The molecule has 0 saturated carbocycles. The Labute approximate surface area is 75.5 Å². The molecule has 2 unspecified atom stereocenters. The second-order valence-electron chi connectivity index (χ2n) is 4.86. The molecule has 2 atom stereocenters. The van der Waals surface area contributed by atoms with Gasteiger partial charge in [-0.1, -0.05) is 13.8 Å². The van der Waals surface area contributed by atoms with Gasteiger partial charge in [-0.25, -0.2) is 0 Å². The van der Waals surface area contributed by atoms with E-state index in [0.29, 0.717) is 17.9 Å². The van der Waals surface area contributed by atoms with E-state index in [1.807, 2.05) is 0 Å². The van der Waals surface area contributed by atoms with Crippen molar-refractivity contribution in [3.8, 4) is 0 Å². The first kappa shape index (κ1) is 10.0. The summed E-state index contributed by atoms with van der Waals surface area (Å²) in [6.45, 7) is 9.47. The number of nitrogens with two attached hydrogens (primary N) is 1. The molecule has 0 aliphatic carbocycles. The molecule has 12 heavy (non-hydrogen) atoms. The zero-order valence-electron chi connectivity index (χ0n) is 8.63. The molecule has 0 spiro atoms. The Morgan fingerprint density at radius 2 is 2.00 bits per heavy atom. The minimum absolute atomic E-state index is 0.0528. The summed E-state index contributed by atoms with van der Waals surface area (Å²) in [5, 5.41) is 0. The summed E-state index contributed by atoms with van der Waals surface area (Å²) >= 11 is 0. The van der Waals surface area contributed by atoms with Gasteiger partial charge in [0.1, 0.15) is 0 Å². The monoisotopic (exact) mass is 171 g/mol. The van der Waals surface area contributed by atoms with Crippen LogP contribution in [0.25, 0.3) is 0 Å². The largest absolute Gasteiger partial charge is 0.375 e. The Balaban J connectivity index is 2.47. The normalized spacial score (nSPS) is 31.0. The topological polar surface area (TPSA) is 35.2 Å². The van der Waals surface area contributed by atoms with Gasteiger partial charge in [0.05, 0.1) is 12.2 Å². The lowest BCUT2D eigenvalue weighted by atomic mass is 9.86. The molecule has 72 valence electrons. The average molecular weight is 171 g/mol. The fourth-order valence-corrected chi connectivity index (χ4v) is 1.87. The molecule has 0 aromatic heterocycles. The molecule has 0 aromatic rings. The maximum absolute atomic E-state index is 6.06. The maximum atomic E-state index is 6.06. The van der Waals surface area contributed by atoms with Crippen LogP contribution in [-0.4, -0.2) is 18.2 Å². The van der Waals surface area contributed by atoms with Gasteiger partial charge in [0.15, 0.2) is 0 Å². The lowest BCUT2D eigenvalue weighted by molar-refractivity contribution is 0.0342. The van der Waals surface area contributed by atoms with Gasteiger partial charge in [0, 0.05) is 12.0 Å². The Bertz CT molecular complexity index is 154. The van der Waals surface area contributed by atoms with Crippen LogP contribution >= 0.6 is 0 Å². The molecule has 1 heterocycles. The summed E-state index contributed by atoms with van der Waals surface area (Å²) in [5.74, 6) is 1.12. The fraction of sp³-hybridized carbons (Fsp3) is 1.00. The van der Waals surface area contributed by atoms with Crippen LogP contribution in [-0.2, 0) is 4.74 Å². The lowest BCUT2D eigenvalue weighted by Gasteiger charge is -2.22. The minimum Gasteiger partial charge on any atom is -0.375 e. The number of rotatable bonds is 2. The summed E-state index contributed by atoms with van der Waals surface area (Å²) in [7, 11) is 0.